The normalized spacial score (nSPS) is 14.3. The molecule has 1 N–H and O–H groups in total. The number of aromatic nitrogens is 1. The first-order valence-corrected chi connectivity index (χ1v) is 8.54. The van der Waals surface area contributed by atoms with Crippen LogP contribution in [0.5, 0.6) is 0 Å². The van der Waals surface area contributed by atoms with Gasteiger partial charge in [0.15, 0.2) is 0 Å². The van der Waals surface area contributed by atoms with E-state index < -0.39 is 0 Å². The zero-order valence-corrected chi connectivity index (χ0v) is 14.0. The van der Waals surface area contributed by atoms with Crippen molar-refractivity contribution in [1.82, 2.24) is 15.2 Å². The lowest BCUT2D eigenvalue weighted by Crippen LogP contribution is -2.35. The Morgan fingerprint density at radius 3 is 2.82 bits per heavy atom. The summed E-state index contributed by atoms with van der Waals surface area (Å²) >= 11 is 7.51. The van der Waals surface area contributed by atoms with Gasteiger partial charge >= 0.3 is 0 Å². The highest BCUT2D eigenvalue weighted by atomic mass is 35.5. The Morgan fingerprint density at radius 1 is 1.41 bits per heavy atom. The molecule has 4 nitrogen and oxygen atoms in total. The van der Waals surface area contributed by atoms with Gasteiger partial charge in [-0.3, -0.25) is 9.69 Å². The number of halogens is 1. The first-order valence-electron chi connectivity index (χ1n) is 7.28. The summed E-state index contributed by atoms with van der Waals surface area (Å²) in [5, 5.41) is 6.74. The second-order valence-corrected chi connectivity index (χ2v) is 6.96. The molecule has 0 bridgehead atoms. The molecule has 1 aromatic heterocycles. The second-order valence-electron chi connectivity index (χ2n) is 5.66. The summed E-state index contributed by atoms with van der Waals surface area (Å²) in [6.45, 7) is 1.08. The monoisotopic (exact) mass is 335 g/mol. The van der Waals surface area contributed by atoms with Crippen LogP contribution in [0.3, 0.4) is 0 Å². The predicted molar refractivity (Wildman–Crippen MR) is 90.1 cm³/mol. The van der Waals surface area contributed by atoms with Crippen LogP contribution in [0.1, 0.15) is 18.5 Å². The fourth-order valence-electron chi connectivity index (χ4n) is 2.18. The van der Waals surface area contributed by atoms with E-state index in [1.54, 1.807) is 11.3 Å². The third-order valence-electron chi connectivity index (χ3n) is 3.43. The smallest absolute Gasteiger partial charge is 0.234 e. The molecular weight excluding hydrogens is 318 g/mol. The summed E-state index contributed by atoms with van der Waals surface area (Å²) < 4.78 is 0. The van der Waals surface area contributed by atoms with Crippen LogP contribution in [0.4, 0.5) is 0 Å². The summed E-state index contributed by atoms with van der Waals surface area (Å²) in [4.78, 5) is 18.4. The van der Waals surface area contributed by atoms with E-state index in [1.165, 1.54) is 0 Å². The molecule has 1 saturated carbocycles. The van der Waals surface area contributed by atoms with Crippen molar-refractivity contribution in [2.24, 2.45) is 0 Å². The van der Waals surface area contributed by atoms with Crippen molar-refractivity contribution in [3.05, 3.63) is 40.4 Å². The number of carbonyl (C=O) groups is 1. The molecule has 1 aromatic carbocycles. The van der Waals surface area contributed by atoms with Crippen LogP contribution in [0.15, 0.2) is 29.6 Å². The molecule has 22 heavy (non-hydrogen) atoms. The number of thiazole rings is 1. The summed E-state index contributed by atoms with van der Waals surface area (Å²) in [5.74, 6) is 0.0955. The van der Waals surface area contributed by atoms with Crippen molar-refractivity contribution in [3.8, 4) is 10.6 Å². The number of hydrogen-bond acceptors (Lipinski definition) is 4. The fourth-order valence-corrected chi connectivity index (χ4v) is 3.13. The Balaban J connectivity index is 1.56. The van der Waals surface area contributed by atoms with Crippen molar-refractivity contribution in [2.75, 3.05) is 13.6 Å². The van der Waals surface area contributed by atoms with E-state index in [0.717, 1.165) is 34.1 Å². The molecule has 0 radical (unpaired) electrons. The van der Waals surface area contributed by atoms with Crippen molar-refractivity contribution in [2.45, 2.75) is 25.4 Å². The number of rotatable bonds is 6. The molecule has 1 fully saturated rings. The van der Waals surface area contributed by atoms with E-state index in [2.05, 4.69) is 10.3 Å². The Kier molecular flexibility index (Phi) is 4.76. The van der Waals surface area contributed by atoms with Gasteiger partial charge in [0.1, 0.15) is 5.01 Å². The van der Waals surface area contributed by atoms with Gasteiger partial charge in [-0.05, 0) is 32.0 Å². The van der Waals surface area contributed by atoms with Crippen LogP contribution in [0, 0.1) is 0 Å². The molecule has 3 rings (SSSR count). The van der Waals surface area contributed by atoms with E-state index in [0.29, 0.717) is 19.1 Å². The molecule has 0 unspecified atom stereocenters. The maximum Gasteiger partial charge on any atom is 0.234 e. The Hall–Kier alpha value is -1.43. The molecule has 0 aliphatic heterocycles. The number of nitrogens with one attached hydrogen (secondary N) is 1. The van der Waals surface area contributed by atoms with Crippen molar-refractivity contribution in [3.63, 3.8) is 0 Å². The first kappa shape index (κ1) is 15.5. The summed E-state index contributed by atoms with van der Waals surface area (Å²) in [7, 11) is 1.94. The molecule has 1 aliphatic rings. The Morgan fingerprint density at radius 2 is 2.14 bits per heavy atom. The highest BCUT2D eigenvalue weighted by Crippen LogP contribution is 2.25. The molecule has 1 heterocycles. The highest BCUT2D eigenvalue weighted by Gasteiger charge is 2.23. The lowest BCUT2D eigenvalue weighted by Gasteiger charge is -2.14. The van der Waals surface area contributed by atoms with E-state index >= 15 is 0 Å². The Labute approximate surface area is 139 Å². The average molecular weight is 336 g/mol. The first-order chi connectivity index (χ1) is 10.6. The fraction of sp³-hybridized carbons (Fsp3) is 0.375. The number of likely N-dealkylation sites (N-methyl/N-ethyl adjacent to an activating group) is 1. The SMILES string of the molecule is CN(CC(=O)NC1CC1)Cc1csc(-c2ccc(Cl)cc2)n1. The third-order valence-corrected chi connectivity index (χ3v) is 4.62. The molecule has 116 valence electrons. The topological polar surface area (TPSA) is 45.2 Å². The maximum absolute atomic E-state index is 11.8. The standard InChI is InChI=1S/C16H18ClN3OS/c1-20(9-15(21)18-13-6-7-13)8-14-10-22-16(19-14)11-2-4-12(17)5-3-11/h2-5,10,13H,6-9H2,1H3,(H,18,21). The van der Waals surface area contributed by atoms with Gasteiger partial charge in [-0.15, -0.1) is 11.3 Å². The van der Waals surface area contributed by atoms with Gasteiger partial charge in [0.05, 0.1) is 12.2 Å². The van der Waals surface area contributed by atoms with E-state index in [-0.39, 0.29) is 5.91 Å². The number of nitrogens with zero attached hydrogens (tertiary/aromatic N) is 2. The average Bonchev–Trinajstić information content (AvgIpc) is 3.16. The van der Waals surface area contributed by atoms with Crippen LogP contribution in [0.2, 0.25) is 5.02 Å². The second kappa shape index (κ2) is 6.77. The van der Waals surface area contributed by atoms with Crippen molar-refractivity contribution >= 4 is 28.8 Å². The summed E-state index contributed by atoms with van der Waals surface area (Å²) in [5.41, 5.74) is 2.05. The van der Waals surface area contributed by atoms with Crippen LogP contribution in [-0.2, 0) is 11.3 Å². The molecule has 6 heteroatoms. The maximum atomic E-state index is 11.8. The largest absolute Gasteiger partial charge is 0.352 e. The number of amides is 1. The molecule has 2 aromatic rings. The number of hydrogen-bond donors (Lipinski definition) is 1. The lowest BCUT2D eigenvalue weighted by atomic mass is 10.2. The lowest BCUT2D eigenvalue weighted by molar-refractivity contribution is -0.122. The molecule has 0 saturated heterocycles. The van der Waals surface area contributed by atoms with Crippen LogP contribution >= 0.6 is 22.9 Å². The molecule has 1 aliphatic carbocycles. The minimum Gasteiger partial charge on any atom is -0.352 e. The molecular formula is C16H18ClN3OS. The van der Waals surface area contributed by atoms with Gasteiger partial charge in [-0.2, -0.15) is 0 Å². The van der Waals surface area contributed by atoms with Crippen LogP contribution in [-0.4, -0.2) is 35.4 Å². The minimum atomic E-state index is 0.0955. The van der Waals surface area contributed by atoms with Gasteiger partial charge in [-0.1, -0.05) is 23.7 Å². The Bertz CT molecular complexity index is 652. The number of benzene rings is 1. The summed E-state index contributed by atoms with van der Waals surface area (Å²) in [6, 6.07) is 8.09. The zero-order chi connectivity index (χ0) is 15.5. The van der Waals surface area contributed by atoms with E-state index in [1.807, 2.05) is 41.6 Å². The zero-order valence-electron chi connectivity index (χ0n) is 12.4. The minimum absolute atomic E-state index is 0.0955. The summed E-state index contributed by atoms with van der Waals surface area (Å²) in [6.07, 6.45) is 2.23. The van der Waals surface area contributed by atoms with Gasteiger partial charge in [-0.25, -0.2) is 4.98 Å². The third kappa shape index (κ3) is 4.29. The van der Waals surface area contributed by atoms with Gasteiger partial charge < -0.3 is 5.32 Å². The van der Waals surface area contributed by atoms with Gasteiger partial charge in [0.2, 0.25) is 5.91 Å². The van der Waals surface area contributed by atoms with Crippen molar-refractivity contribution < 1.29 is 4.79 Å². The molecule has 1 amide bonds. The van der Waals surface area contributed by atoms with Crippen LogP contribution in [0.25, 0.3) is 10.6 Å². The van der Waals surface area contributed by atoms with Crippen molar-refractivity contribution in [1.29, 1.82) is 0 Å². The van der Waals surface area contributed by atoms with E-state index in [4.69, 9.17) is 11.6 Å². The highest BCUT2D eigenvalue weighted by molar-refractivity contribution is 7.13. The van der Waals surface area contributed by atoms with Crippen LogP contribution < -0.4 is 5.32 Å². The molecule has 0 spiro atoms. The molecule has 0 atom stereocenters. The van der Waals surface area contributed by atoms with Gasteiger partial charge in [0.25, 0.3) is 0 Å². The number of carbonyl (C=O) groups excluding carboxylic acids is 1. The van der Waals surface area contributed by atoms with E-state index in [9.17, 15) is 4.79 Å². The predicted octanol–water partition coefficient (Wildman–Crippen LogP) is 3.17. The van der Waals surface area contributed by atoms with Gasteiger partial charge in [0, 0.05) is 28.6 Å². The quantitative estimate of drug-likeness (QED) is 0.882.